The number of carbonyl (C=O) groups is 4. The van der Waals surface area contributed by atoms with Gasteiger partial charge in [-0.25, -0.2) is 4.79 Å². The van der Waals surface area contributed by atoms with Gasteiger partial charge in [0.15, 0.2) is 0 Å². The summed E-state index contributed by atoms with van der Waals surface area (Å²) >= 11 is 0. The third-order valence-electron chi connectivity index (χ3n) is 6.64. The van der Waals surface area contributed by atoms with Gasteiger partial charge in [0.2, 0.25) is 17.7 Å². The summed E-state index contributed by atoms with van der Waals surface area (Å²) in [4.78, 5) is 53.9. The van der Waals surface area contributed by atoms with Crippen LogP contribution in [-0.4, -0.2) is 46.4 Å². The molecule has 0 aromatic heterocycles. The largest absolute Gasteiger partial charge is 0.444 e. The molecule has 39 heavy (non-hydrogen) atoms. The maximum atomic E-state index is 14.2. The molecule has 0 heterocycles. The fourth-order valence-electron chi connectivity index (χ4n) is 4.41. The second-order valence-electron chi connectivity index (χ2n) is 11.1. The molecule has 210 valence electrons. The molecule has 1 aliphatic carbocycles. The van der Waals surface area contributed by atoms with Crippen LogP contribution in [0.2, 0.25) is 0 Å². The SMILES string of the molecule is Cc1cccc(C(C(=O)NCc2ccccc2)N(C(=O)C(CCC(N)=O)NC(=O)OC(C)(C)C)C2CC2)c1C. The van der Waals surface area contributed by atoms with Gasteiger partial charge in [-0.3, -0.25) is 14.4 Å². The smallest absolute Gasteiger partial charge is 0.408 e. The summed E-state index contributed by atoms with van der Waals surface area (Å²) in [7, 11) is 0. The molecule has 2 atom stereocenters. The molecule has 1 aliphatic rings. The zero-order valence-corrected chi connectivity index (χ0v) is 23.5. The highest BCUT2D eigenvalue weighted by Gasteiger charge is 2.44. The zero-order valence-electron chi connectivity index (χ0n) is 23.5. The highest BCUT2D eigenvalue weighted by Crippen LogP contribution is 2.37. The lowest BCUT2D eigenvalue weighted by Gasteiger charge is -2.35. The first kappa shape index (κ1) is 29.7. The van der Waals surface area contributed by atoms with E-state index >= 15 is 0 Å². The maximum Gasteiger partial charge on any atom is 0.408 e. The van der Waals surface area contributed by atoms with Crippen molar-refractivity contribution in [3.8, 4) is 0 Å². The molecule has 0 aliphatic heterocycles. The molecule has 3 rings (SSSR count). The number of primary amides is 1. The van der Waals surface area contributed by atoms with Gasteiger partial charge in [-0.15, -0.1) is 0 Å². The highest BCUT2D eigenvalue weighted by molar-refractivity contribution is 5.93. The number of benzene rings is 2. The summed E-state index contributed by atoms with van der Waals surface area (Å²) in [5, 5.41) is 5.63. The molecule has 4 N–H and O–H groups in total. The summed E-state index contributed by atoms with van der Waals surface area (Å²) < 4.78 is 5.38. The van der Waals surface area contributed by atoms with E-state index in [-0.39, 0.29) is 24.8 Å². The van der Waals surface area contributed by atoms with Crippen molar-refractivity contribution in [1.82, 2.24) is 15.5 Å². The van der Waals surface area contributed by atoms with Gasteiger partial charge in [-0.2, -0.15) is 0 Å². The highest BCUT2D eigenvalue weighted by atomic mass is 16.6. The zero-order chi connectivity index (χ0) is 28.7. The number of nitrogens with one attached hydrogen (secondary N) is 2. The van der Waals surface area contributed by atoms with Gasteiger partial charge in [0.05, 0.1) is 0 Å². The number of amides is 4. The number of hydrogen-bond donors (Lipinski definition) is 3. The van der Waals surface area contributed by atoms with Crippen LogP contribution >= 0.6 is 0 Å². The molecule has 4 amide bonds. The van der Waals surface area contributed by atoms with E-state index in [2.05, 4.69) is 10.6 Å². The fraction of sp³-hybridized carbons (Fsp3) is 0.467. The quantitative estimate of drug-likeness (QED) is 0.402. The number of rotatable bonds is 11. The molecular weight excluding hydrogens is 496 g/mol. The Labute approximate surface area is 230 Å². The van der Waals surface area contributed by atoms with Crippen LogP contribution in [-0.2, 0) is 25.7 Å². The third kappa shape index (κ3) is 8.56. The van der Waals surface area contributed by atoms with Crippen LogP contribution in [0.15, 0.2) is 48.5 Å². The number of ether oxygens (including phenoxy) is 1. The normalized spacial score (nSPS) is 14.6. The number of nitrogens with zero attached hydrogens (tertiary/aromatic N) is 1. The Hall–Kier alpha value is -3.88. The Kier molecular flexibility index (Phi) is 9.72. The molecule has 1 saturated carbocycles. The number of hydrogen-bond acceptors (Lipinski definition) is 5. The van der Waals surface area contributed by atoms with Gasteiger partial charge in [0.1, 0.15) is 17.7 Å². The number of aryl methyl sites for hydroxylation is 1. The first-order valence-corrected chi connectivity index (χ1v) is 13.3. The third-order valence-corrected chi connectivity index (χ3v) is 6.64. The lowest BCUT2D eigenvalue weighted by atomic mass is 9.94. The summed E-state index contributed by atoms with van der Waals surface area (Å²) in [6.07, 6.45) is 0.557. The van der Waals surface area contributed by atoms with Crippen molar-refractivity contribution >= 4 is 23.8 Å². The lowest BCUT2D eigenvalue weighted by Crippen LogP contribution is -2.54. The van der Waals surface area contributed by atoms with Gasteiger partial charge >= 0.3 is 6.09 Å². The van der Waals surface area contributed by atoms with Crippen LogP contribution in [0.1, 0.15) is 74.8 Å². The van der Waals surface area contributed by atoms with E-state index < -0.39 is 35.6 Å². The van der Waals surface area contributed by atoms with E-state index in [4.69, 9.17) is 10.5 Å². The van der Waals surface area contributed by atoms with Crippen molar-refractivity contribution in [3.05, 3.63) is 70.8 Å². The van der Waals surface area contributed by atoms with Crippen molar-refractivity contribution in [2.75, 3.05) is 0 Å². The van der Waals surface area contributed by atoms with Crippen LogP contribution in [0, 0.1) is 13.8 Å². The number of carbonyl (C=O) groups excluding carboxylic acids is 4. The molecule has 9 heteroatoms. The van der Waals surface area contributed by atoms with Crippen LogP contribution < -0.4 is 16.4 Å². The van der Waals surface area contributed by atoms with Crippen molar-refractivity contribution in [1.29, 1.82) is 0 Å². The number of nitrogens with two attached hydrogens (primary N) is 1. The predicted molar refractivity (Wildman–Crippen MR) is 148 cm³/mol. The topological polar surface area (TPSA) is 131 Å². The van der Waals surface area contributed by atoms with E-state index in [1.165, 1.54) is 0 Å². The monoisotopic (exact) mass is 536 g/mol. The van der Waals surface area contributed by atoms with Crippen LogP contribution in [0.5, 0.6) is 0 Å². The minimum atomic E-state index is -1.09. The predicted octanol–water partition coefficient (Wildman–Crippen LogP) is 3.81. The molecule has 0 radical (unpaired) electrons. The summed E-state index contributed by atoms with van der Waals surface area (Å²) in [6, 6.07) is 13.0. The van der Waals surface area contributed by atoms with Crippen molar-refractivity contribution in [2.45, 2.75) is 90.6 Å². The Morgan fingerprint density at radius 1 is 1.03 bits per heavy atom. The van der Waals surface area contributed by atoms with Crippen molar-refractivity contribution in [3.63, 3.8) is 0 Å². The molecule has 2 unspecified atom stereocenters. The molecular formula is C30H40N4O5. The second-order valence-corrected chi connectivity index (χ2v) is 11.1. The summed E-state index contributed by atoms with van der Waals surface area (Å²) in [5.41, 5.74) is 8.15. The average Bonchev–Trinajstić information content (AvgIpc) is 3.70. The van der Waals surface area contributed by atoms with Crippen LogP contribution in [0.25, 0.3) is 0 Å². The van der Waals surface area contributed by atoms with Crippen molar-refractivity contribution in [2.24, 2.45) is 5.73 Å². The first-order valence-electron chi connectivity index (χ1n) is 13.3. The van der Waals surface area contributed by atoms with Crippen LogP contribution in [0.3, 0.4) is 0 Å². The minimum Gasteiger partial charge on any atom is -0.444 e. The van der Waals surface area contributed by atoms with E-state index in [1.807, 2.05) is 62.4 Å². The van der Waals surface area contributed by atoms with Gasteiger partial charge in [-0.1, -0.05) is 48.5 Å². The maximum absolute atomic E-state index is 14.2. The van der Waals surface area contributed by atoms with E-state index in [0.717, 1.165) is 29.5 Å². The van der Waals surface area contributed by atoms with Gasteiger partial charge in [-0.05, 0) is 76.1 Å². The standard InChI is InChI=1S/C30H40N4O5/c1-19-10-9-13-23(20(19)2)26(27(36)32-18-21-11-7-6-8-12-21)34(22-14-15-22)28(37)24(16-17-25(31)35)33-29(38)39-30(3,4)5/h6-13,22,24,26H,14-18H2,1-5H3,(H2,31,35)(H,32,36)(H,33,38). The van der Waals surface area contributed by atoms with Gasteiger partial charge in [0.25, 0.3) is 0 Å². The Morgan fingerprint density at radius 2 is 1.69 bits per heavy atom. The van der Waals surface area contributed by atoms with E-state index in [9.17, 15) is 19.2 Å². The summed E-state index contributed by atoms with van der Waals surface area (Å²) in [5.74, 6) is -1.37. The molecule has 0 bridgehead atoms. The Morgan fingerprint density at radius 3 is 2.28 bits per heavy atom. The Bertz CT molecular complexity index is 1190. The second kappa shape index (κ2) is 12.8. The first-order chi connectivity index (χ1) is 18.4. The van der Waals surface area contributed by atoms with E-state index in [0.29, 0.717) is 12.1 Å². The molecule has 0 saturated heterocycles. The molecule has 2 aromatic carbocycles. The van der Waals surface area contributed by atoms with Gasteiger partial charge in [0, 0.05) is 19.0 Å². The van der Waals surface area contributed by atoms with Crippen molar-refractivity contribution < 1.29 is 23.9 Å². The molecule has 9 nitrogen and oxygen atoms in total. The van der Waals surface area contributed by atoms with E-state index in [1.54, 1.807) is 25.7 Å². The van der Waals surface area contributed by atoms with Gasteiger partial charge < -0.3 is 26.0 Å². The Balaban J connectivity index is 1.98. The molecule has 0 spiro atoms. The summed E-state index contributed by atoms with van der Waals surface area (Å²) in [6.45, 7) is 9.35. The molecule has 2 aromatic rings. The minimum absolute atomic E-state index is 0.0121. The lowest BCUT2D eigenvalue weighted by molar-refractivity contribution is -0.143. The fourth-order valence-corrected chi connectivity index (χ4v) is 4.41. The van der Waals surface area contributed by atoms with Crippen LogP contribution in [0.4, 0.5) is 4.79 Å². The molecule has 1 fully saturated rings. The average molecular weight is 537 g/mol. The number of alkyl carbamates (subject to hydrolysis) is 1.